The molecule has 0 saturated heterocycles. The maximum absolute atomic E-state index is 10.4. The van der Waals surface area contributed by atoms with Crippen LogP contribution in [0.4, 0.5) is 0 Å². The molecule has 1 aliphatic heterocycles. The Bertz CT molecular complexity index is 130. The maximum atomic E-state index is 10.4. The fourth-order valence-electron chi connectivity index (χ4n) is 0.571. The van der Waals surface area contributed by atoms with Gasteiger partial charge in [-0.05, 0) is 6.92 Å². The van der Waals surface area contributed by atoms with Gasteiger partial charge in [-0.15, -0.1) is 0 Å². The largest absolute Gasteiger partial charge is 0.371 e. The van der Waals surface area contributed by atoms with Crippen LogP contribution in [0.3, 0.4) is 0 Å². The van der Waals surface area contributed by atoms with Gasteiger partial charge >= 0.3 is 0 Å². The summed E-state index contributed by atoms with van der Waals surface area (Å²) in [4.78, 5) is 10.4. The zero-order valence-electron chi connectivity index (χ0n) is 4.64. The van der Waals surface area contributed by atoms with E-state index in [4.69, 9.17) is 0 Å². The summed E-state index contributed by atoms with van der Waals surface area (Å²) in [6.45, 7) is 1.88. The molecule has 0 aromatic carbocycles. The summed E-state index contributed by atoms with van der Waals surface area (Å²) in [7, 11) is 0. The quantitative estimate of drug-likeness (QED) is 0.446. The lowest BCUT2D eigenvalue weighted by Gasteiger charge is -2.15. The van der Waals surface area contributed by atoms with Crippen LogP contribution in [-0.4, -0.2) is 12.1 Å². The zero-order valence-corrected chi connectivity index (χ0v) is 4.64. The second-order valence-electron chi connectivity index (χ2n) is 1.73. The predicted octanol–water partition coefficient (Wildman–Crippen LogP) is -0.435. The van der Waals surface area contributed by atoms with Crippen molar-refractivity contribution in [3.05, 3.63) is 12.3 Å². The summed E-state index contributed by atoms with van der Waals surface area (Å²) < 4.78 is 0. The van der Waals surface area contributed by atoms with Gasteiger partial charge in [0.1, 0.15) is 0 Å². The van der Waals surface area contributed by atoms with E-state index >= 15 is 0 Å². The predicted molar refractivity (Wildman–Crippen MR) is 29.9 cm³/mol. The van der Waals surface area contributed by atoms with Gasteiger partial charge in [-0.2, -0.15) is 0 Å². The van der Waals surface area contributed by atoms with E-state index in [-0.39, 0.29) is 12.1 Å². The Labute approximate surface area is 47.8 Å². The number of carbonyl (C=O) groups is 1. The number of carbonyl (C=O) groups excluding carboxylic acids is 1. The average molecular weight is 112 g/mol. The highest BCUT2D eigenvalue weighted by Crippen LogP contribution is 1.83. The molecule has 1 atom stereocenters. The van der Waals surface area contributed by atoms with Gasteiger partial charge in [-0.3, -0.25) is 4.79 Å². The van der Waals surface area contributed by atoms with E-state index in [1.807, 2.05) is 6.92 Å². The molecule has 8 heavy (non-hydrogen) atoms. The Morgan fingerprint density at radius 1 is 1.75 bits per heavy atom. The normalized spacial score (nSPS) is 26.6. The van der Waals surface area contributed by atoms with Gasteiger partial charge in [-0.25, -0.2) is 0 Å². The molecule has 1 aliphatic rings. The SMILES string of the molecule is CC1NC=CC(=O)N1. The van der Waals surface area contributed by atoms with Crippen LogP contribution in [0.25, 0.3) is 0 Å². The molecule has 0 fully saturated rings. The molecule has 1 rings (SSSR count). The van der Waals surface area contributed by atoms with Crippen molar-refractivity contribution in [1.82, 2.24) is 10.6 Å². The monoisotopic (exact) mass is 112 g/mol. The van der Waals surface area contributed by atoms with Gasteiger partial charge in [0.2, 0.25) is 5.91 Å². The molecule has 3 nitrogen and oxygen atoms in total. The maximum Gasteiger partial charge on any atom is 0.247 e. The molecule has 2 N–H and O–H groups in total. The Hall–Kier alpha value is -0.990. The molecule has 1 unspecified atom stereocenters. The van der Waals surface area contributed by atoms with Gasteiger partial charge in [0, 0.05) is 12.3 Å². The lowest BCUT2D eigenvalue weighted by atomic mass is 10.4. The Kier molecular flexibility index (Phi) is 1.20. The van der Waals surface area contributed by atoms with Crippen molar-refractivity contribution in [3.63, 3.8) is 0 Å². The molecule has 0 spiro atoms. The molecule has 1 amide bonds. The number of hydrogen-bond acceptors (Lipinski definition) is 2. The van der Waals surface area contributed by atoms with Crippen LogP contribution < -0.4 is 10.6 Å². The molecular formula is C5H8N2O. The highest BCUT2D eigenvalue weighted by molar-refractivity contribution is 5.88. The third-order valence-corrected chi connectivity index (χ3v) is 0.940. The van der Waals surface area contributed by atoms with Crippen molar-refractivity contribution in [3.8, 4) is 0 Å². The standard InChI is InChI=1S/C5H8N2O/c1-4-6-3-2-5(8)7-4/h2-4,6H,1H3,(H,7,8). The summed E-state index contributed by atoms with van der Waals surface area (Å²) in [5.41, 5.74) is 0. The van der Waals surface area contributed by atoms with Gasteiger partial charge < -0.3 is 10.6 Å². The van der Waals surface area contributed by atoms with E-state index in [2.05, 4.69) is 10.6 Å². The highest BCUT2D eigenvalue weighted by atomic mass is 16.1. The summed E-state index contributed by atoms with van der Waals surface area (Å²) in [6, 6.07) is 0. The first-order chi connectivity index (χ1) is 3.79. The van der Waals surface area contributed by atoms with E-state index in [0.29, 0.717) is 0 Å². The van der Waals surface area contributed by atoms with Gasteiger partial charge in [0.05, 0.1) is 6.17 Å². The first-order valence-electron chi connectivity index (χ1n) is 2.52. The molecule has 0 aliphatic carbocycles. The molecule has 1 heterocycles. The molecule has 0 saturated carbocycles. The van der Waals surface area contributed by atoms with Crippen molar-refractivity contribution in [2.75, 3.05) is 0 Å². The highest BCUT2D eigenvalue weighted by Gasteiger charge is 2.04. The van der Waals surface area contributed by atoms with Crippen molar-refractivity contribution in [1.29, 1.82) is 0 Å². The number of amides is 1. The fraction of sp³-hybridized carbons (Fsp3) is 0.400. The Morgan fingerprint density at radius 2 is 2.50 bits per heavy atom. The zero-order chi connectivity index (χ0) is 5.98. The van der Waals surface area contributed by atoms with Crippen LogP contribution in [0, 0.1) is 0 Å². The molecule has 0 bridgehead atoms. The van der Waals surface area contributed by atoms with Crippen LogP contribution in [0.15, 0.2) is 12.3 Å². The van der Waals surface area contributed by atoms with E-state index in [9.17, 15) is 4.79 Å². The van der Waals surface area contributed by atoms with E-state index in [1.165, 1.54) is 6.08 Å². The minimum absolute atomic E-state index is 0.0312. The Morgan fingerprint density at radius 3 is 2.88 bits per heavy atom. The summed E-state index contributed by atoms with van der Waals surface area (Å²) >= 11 is 0. The second kappa shape index (κ2) is 1.86. The van der Waals surface area contributed by atoms with Crippen molar-refractivity contribution < 1.29 is 4.79 Å². The van der Waals surface area contributed by atoms with Crippen LogP contribution in [-0.2, 0) is 4.79 Å². The summed E-state index contributed by atoms with van der Waals surface area (Å²) in [6.07, 6.45) is 3.18. The van der Waals surface area contributed by atoms with Gasteiger partial charge in [0.25, 0.3) is 0 Å². The molecule has 0 aromatic rings. The molecule has 0 radical (unpaired) electrons. The number of hydrogen-bond donors (Lipinski definition) is 2. The Balaban J connectivity index is 2.54. The summed E-state index contributed by atoms with van der Waals surface area (Å²) in [5, 5.41) is 5.54. The smallest absolute Gasteiger partial charge is 0.247 e. The van der Waals surface area contributed by atoms with E-state index in [1.54, 1.807) is 6.20 Å². The van der Waals surface area contributed by atoms with Crippen molar-refractivity contribution in [2.45, 2.75) is 13.1 Å². The minimum Gasteiger partial charge on any atom is -0.371 e. The fourth-order valence-corrected chi connectivity index (χ4v) is 0.571. The van der Waals surface area contributed by atoms with Crippen LogP contribution in [0.5, 0.6) is 0 Å². The number of nitrogens with one attached hydrogen (secondary N) is 2. The average Bonchev–Trinajstić information content (AvgIpc) is 1.64. The third kappa shape index (κ3) is 0.992. The summed E-state index contributed by atoms with van der Waals surface area (Å²) in [5.74, 6) is -0.0312. The molecule has 0 aromatic heterocycles. The van der Waals surface area contributed by atoms with Gasteiger partial charge in [0.15, 0.2) is 0 Å². The second-order valence-corrected chi connectivity index (χ2v) is 1.73. The van der Waals surface area contributed by atoms with E-state index in [0.717, 1.165) is 0 Å². The van der Waals surface area contributed by atoms with Crippen molar-refractivity contribution >= 4 is 5.91 Å². The van der Waals surface area contributed by atoms with Crippen LogP contribution in [0.1, 0.15) is 6.92 Å². The lowest BCUT2D eigenvalue weighted by Crippen LogP contribution is -2.43. The lowest BCUT2D eigenvalue weighted by molar-refractivity contribution is -0.117. The first-order valence-corrected chi connectivity index (χ1v) is 2.52. The minimum atomic E-state index is -0.0312. The third-order valence-electron chi connectivity index (χ3n) is 0.940. The molecular weight excluding hydrogens is 104 g/mol. The number of rotatable bonds is 0. The van der Waals surface area contributed by atoms with E-state index < -0.39 is 0 Å². The van der Waals surface area contributed by atoms with Gasteiger partial charge in [-0.1, -0.05) is 0 Å². The van der Waals surface area contributed by atoms with Crippen LogP contribution in [0.2, 0.25) is 0 Å². The van der Waals surface area contributed by atoms with Crippen molar-refractivity contribution in [2.24, 2.45) is 0 Å². The molecule has 44 valence electrons. The first kappa shape index (κ1) is 5.15. The topological polar surface area (TPSA) is 41.1 Å². The van der Waals surface area contributed by atoms with Crippen LogP contribution >= 0.6 is 0 Å². The molecule has 3 heteroatoms.